The summed E-state index contributed by atoms with van der Waals surface area (Å²) in [4.78, 5) is 2.61. The molecule has 2 atom stereocenters. The molecule has 2 unspecified atom stereocenters. The van der Waals surface area contributed by atoms with Gasteiger partial charge in [-0.2, -0.15) is 0 Å². The van der Waals surface area contributed by atoms with Gasteiger partial charge in [0.1, 0.15) is 11.2 Å². The van der Waals surface area contributed by atoms with E-state index in [-0.39, 0.29) is 12.0 Å². The highest BCUT2D eigenvalue weighted by molar-refractivity contribution is 6.10. The number of para-hydroxylation sites is 1. The van der Waals surface area contributed by atoms with Crippen LogP contribution in [0.3, 0.4) is 0 Å². The number of hydrogen-bond donors (Lipinski definition) is 0. The minimum atomic E-state index is 0.120. The molecule has 0 aliphatic heterocycles. The molecule has 61 heavy (non-hydrogen) atoms. The maximum Gasteiger partial charge on any atom is 0.136 e. The van der Waals surface area contributed by atoms with Crippen LogP contribution >= 0.6 is 0 Å². The predicted molar refractivity (Wildman–Crippen MR) is 258 cm³/mol. The molecule has 0 saturated heterocycles. The molecule has 0 fully saturated rings. The molecule has 11 rings (SSSR count). The van der Waals surface area contributed by atoms with E-state index in [2.05, 4.69) is 224 Å². The number of benzene rings is 8. The van der Waals surface area contributed by atoms with E-state index in [0.29, 0.717) is 0 Å². The van der Waals surface area contributed by atoms with Gasteiger partial charge in [0.15, 0.2) is 0 Å². The van der Waals surface area contributed by atoms with E-state index >= 15 is 0 Å². The monoisotopic (exact) mass is 783 g/mol. The zero-order valence-electron chi connectivity index (χ0n) is 34.2. The van der Waals surface area contributed by atoms with Crippen molar-refractivity contribution in [1.29, 1.82) is 0 Å². The fraction of sp³-hybridized carbons (Fsp3) is 0.0847. The summed E-state index contributed by atoms with van der Waals surface area (Å²) >= 11 is 0. The van der Waals surface area contributed by atoms with Gasteiger partial charge in [-0.15, -0.1) is 0 Å². The van der Waals surface area contributed by atoms with Crippen molar-refractivity contribution in [3.8, 4) is 33.4 Å². The standard InChI is InChI=1S/C59H45NO/c1-40-36-47(45-18-11-19-46(38-45)48-29-28-41-14-5-6-17-44(41)37-48)32-35-56(40)60(51-21-12-20-49(39-51)53-23-8-7-22-52(53)42-15-3-2-4-16-42)50-33-30-43(31-34-50)54-25-13-27-58-59(54)55-24-9-10-26-57(55)61-58/h2-30,32-33,35-40,56H,31,34H2,1H3. The normalized spacial score (nSPS) is 16.4. The summed E-state index contributed by atoms with van der Waals surface area (Å²) in [7, 11) is 0. The van der Waals surface area contributed by atoms with Gasteiger partial charge in [-0.1, -0.05) is 183 Å². The highest BCUT2D eigenvalue weighted by atomic mass is 16.3. The first-order chi connectivity index (χ1) is 30.1. The molecule has 0 saturated carbocycles. The smallest absolute Gasteiger partial charge is 0.136 e. The van der Waals surface area contributed by atoms with E-state index in [1.165, 1.54) is 88.6 Å². The van der Waals surface area contributed by atoms with Gasteiger partial charge in [-0.3, -0.25) is 0 Å². The molecular formula is C59H45NO. The maximum atomic E-state index is 6.30. The largest absolute Gasteiger partial charge is 0.456 e. The van der Waals surface area contributed by atoms with Crippen molar-refractivity contribution in [2.24, 2.45) is 5.92 Å². The van der Waals surface area contributed by atoms with Gasteiger partial charge in [0.2, 0.25) is 0 Å². The Hall–Kier alpha value is -7.42. The highest BCUT2D eigenvalue weighted by Gasteiger charge is 2.29. The van der Waals surface area contributed by atoms with Crippen LogP contribution in [0.2, 0.25) is 0 Å². The summed E-state index contributed by atoms with van der Waals surface area (Å²) < 4.78 is 6.30. The molecule has 1 heterocycles. The lowest BCUT2D eigenvalue weighted by molar-refractivity contribution is 0.587. The first-order valence-electron chi connectivity index (χ1n) is 21.5. The number of hydrogen-bond acceptors (Lipinski definition) is 2. The minimum Gasteiger partial charge on any atom is -0.456 e. The Balaban J connectivity index is 0.976. The van der Waals surface area contributed by atoms with Crippen LogP contribution in [-0.2, 0) is 0 Å². The number of furan rings is 1. The third kappa shape index (κ3) is 6.90. The van der Waals surface area contributed by atoms with Crippen LogP contribution in [0.15, 0.2) is 229 Å². The van der Waals surface area contributed by atoms with Crippen molar-refractivity contribution in [2.45, 2.75) is 25.8 Å². The number of nitrogens with zero attached hydrogens (tertiary/aromatic N) is 1. The third-order valence-corrected chi connectivity index (χ3v) is 12.7. The van der Waals surface area contributed by atoms with Gasteiger partial charge < -0.3 is 9.32 Å². The molecule has 0 N–H and O–H groups in total. The van der Waals surface area contributed by atoms with Gasteiger partial charge in [-0.25, -0.2) is 0 Å². The van der Waals surface area contributed by atoms with Crippen LogP contribution in [-0.4, -0.2) is 6.04 Å². The van der Waals surface area contributed by atoms with Crippen LogP contribution in [0.1, 0.15) is 30.9 Å². The molecule has 8 aromatic carbocycles. The van der Waals surface area contributed by atoms with E-state index in [4.69, 9.17) is 4.42 Å². The number of anilines is 1. The average Bonchev–Trinajstić information content (AvgIpc) is 3.72. The van der Waals surface area contributed by atoms with Gasteiger partial charge in [0, 0.05) is 22.2 Å². The zero-order valence-corrected chi connectivity index (χ0v) is 34.2. The Bertz CT molecular complexity index is 3230. The Morgan fingerprint density at radius 1 is 0.492 bits per heavy atom. The topological polar surface area (TPSA) is 16.4 Å². The molecule has 1 aromatic heterocycles. The first-order valence-corrected chi connectivity index (χ1v) is 21.5. The lowest BCUT2D eigenvalue weighted by Crippen LogP contribution is -2.39. The summed E-state index contributed by atoms with van der Waals surface area (Å²) in [5, 5.41) is 4.90. The molecule has 0 bridgehead atoms. The van der Waals surface area contributed by atoms with Gasteiger partial charge >= 0.3 is 0 Å². The zero-order chi connectivity index (χ0) is 40.7. The number of rotatable bonds is 8. The third-order valence-electron chi connectivity index (χ3n) is 12.7. The van der Waals surface area contributed by atoms with Gasteiger partial charge in [0.05, 0.1) is 6.04 Å². The van der Waals surface area contributed by atoms with Crippen molar-refractivity contribution in [3.05, 3.63) is 235 Å². The summed E-state index contributed by atoms with van der Waals surface area (Å²) in [5.41, 5.74) is 16.9. The maximum absolute atomic E-state index is 6.30. The predicted octanol–water partition coefficient (Wildman–Crippen LogP) is 16.0. The molecule has 292 valence electrons. The van der Waals surface area contributed by atoms with Crippen molar-refractivity contribution in [2.75, 3.05) is 4.90 Å². The molecule has 2 heteroatoms. The number of fused-ring (bicyclic) bond motifs is 4. The SMILES string of the molecule is CC1C=C(c2cccc(-c3ccc4ccccc4c3)c2)C=CC1N(C1=CC=C(c2cccc3oc4ccccc4c23)CC1)c1cccc(-c2ccccc2-c2ccccc2)c1. The van der Waals surface area contributed by atoms with E-state index in [1.807, 2.05) is 6.07 Å². The summed E-state index contributed by atoms with van der Waals surface area (Å²) in [6.45, 7) is 2.37. The van der Waals surface area contributed by atoms with Crippen LogP contribution in [0.4, 0.5) is 5.69 Å². The van der Waals surface area contributed by atoms with Gasteiger partial charge in [-0.05, 0) is 128 Å². The van der Waals surface area contributed by atoms with E-state index in [0.717, 1.165) is 24.0 Å². The second kappa shape index (κ2) is 15.6. The van der Waals surface area contributed by atoms with E-state index in [1.54, 1.807) is 0 Å². The molecule has 0 radical (unpaired) electrons. The molecule has 0 spiro atoms. The van der Waals surface area contributed by atoms with Crippen molar-refractivity contribution < 1.29 is 4.42 Å². The molecule has 0 amide bonds. The first kappa shape index (κ1) is 36.6. The Morgan fingerprint density at radius 3 is 2.02 bits per heavy atom. The molecule has 2 aliphatic carbocycles. The quantitative estimate of drug-likeness (QED) is 0.153. The Kier molecular flexibility index (Phi) is 9.39. The highest BCUT2D eigenvalue weighted by Crippen LogP contribution is 2.42. The minimum absolute atomic E-state index is 0.120. The summed E-state index contributed by atoms with van der Waals surface area (Å²) in [6.07, 6.45) is 13.8. The fourth-order valence-corrected chi connectivity index (χ4v) is 9.63. The van der Waals surface area contributed by atoms with Crippen LogP contribution in [0.5, 0.6) is 0 Å². The van der Waals surface area contributed by atoms with Gasteiger partial charge in [0.25, 0.3) is 0 Å². The lowest BCUT2D eigenvalue weighted by Gasteiger charge is -2.39. The van der Waals surface area contributed by atoms with E-state index in [9.17, 15) is 0 Å². The van der Waals surface area contributed by atoms with Crippen molar-refractivity contribution >= 4 is 49.5 Å². The Labute approximate surface area is 357 Å². The second-order valence-corrected chi connectivity index (χ2v) is 16.4. The molecular weight excluding hydrogens is 739 g/mol. The summed E-state index contributed by atoms with van der Waals surface area (Å²) in [6, 6.07) is 68.1. The molecule has 9 aromatic rings. The molecule has 2 nitrogen and oxygen atoms in total. The fourth-order valence-electron chi connectivity index (χ4n) is 9.63. The second-order valence-electron chi connectivity index (χ2n) is 16.4. The van der Waals surface area contributed by atoms with Crippen molar-refractivity contribution in [1.82, 2.24) is 0 Å². The Morgan fingerprint density at radius 2 is 1.16 bits per heavy atom. The average molecular weight is 784 g/mol. The van der Waals surface area contributed by atoms with Crippen molar-refractivity contribution in [3.63, 3.8) is 0 Å². The summed E-state index contributed by atoms with van der Waals surface area (Å²) in [5.74, 6) is 0.238. The van der Waals surface area contributed by atoms with Crippen LogP contribution in [0.25, 0.3) is 77.2 Å². The van der Waals surface area contributed by atoms with Crippen LogP contribution < -0.4 is 4.90 Å². The van der Waals surface area contributed by atoms with Crippen LogP contribution in [0, 0.1) is 5.92 Å². The van der Waals surface area contributed by atoms with E-state index < -0.39 is 0 Å². The lowest BCUT2D eigenvalue weighted by atomic mass is 9.86. The number of allylic oxidation sites excluding steroid dienone is 6. The molecule has 2 aliphatic rings.